The zero-order chi connectivity index (χ0) is 31.6. The van der Waals surface area contributed by atoms with Crippen LogP contribution in [-0.2, 0) is 12.8 Å². The van der Waals surface area contributed by atoms with Crippen LogP contribution in [0.2, 0.25) is 0 Å². The molecule has 4 aromatic carbocycles. The fourth-order valence-corrected chi connectivity index (χ4v) is 6.92. The highest BCUT2D eigenvalue weighted by Gasteiger charge is 2.33. The molecule has 0 fully saturated rings. The molecule has 0 saturated carbocycles. The molecule has 2 heterocycles. The standard InChI is InChI=1S/2C19H16N2OS.2CH4/c2*22-17-11-13-6-1-3-7-14(13)18(17)21-19(23)16-10-9-12-5-2-4-8-15(12)20-16;;/h2*1-10,17-18,22H,11H2,(H,21,23);2*1H4/p+2/t2*17-,18+;;/m10../s1. The number of aliphatic hydroxyl groups is 2. The molecule has 244 valence electrons. The van der Waals surface area contributed by atoms with Crippen LogP contribution in [0.25, 0.3) is 21.8 Å². The Hall–Kier alpha value is -4.60. The molecule has 2 aliphatic rings. The van der Waals surface area contributed by atoms with E-state index in [9.17, 15) is 10.2 Å². The van der Waals surface area contributed by atoms with Gasteiger partial charge in [-0.25, -0.2) is 9.97 Å². The molecular weight excluding hydrogens is 633 g/mol. The number of hydrogen-bond acceptors (Lipinski definition) is 4. The second kappa shape index (κ2) is 15.1. The Morgan fingerprint density at radius 1 is 0.521 bits per heavy atom. The lowest BCUT2D eigenvalue weighted by molar-refractivity contribution is -0.347. The summed E-state index contributed by atoms with van der Waals surface area (Å²) in [5.41, 5.74) is 8.42. The summed E-state index contributed by atoms with van der Waals surface area (Å²) in [5, 5.41) is 29.6. The van der Waals surface area contributed by atoms with Crippen molar-refractivity contribution in [1.82, 2.24) is 10.6 Å². The number of pyridine rings is 2. The first-order valence-corrected chi connectivity index (χ1v) is 16.2. The first-order valence-electron chi connectivity index (χ1n) is 15.4. The number of para-hydroxylation sites is 2. The van der Waals surface area contributed by atoms with Gasteiger partial charge in [-0.15, -0.1) is 0 Å². The lowest BCUT2D eigenvalue weighted by Gasteiger charge is -2.18. The van der Waals surface area contributed by atoms with E-state index in [2.05, 4.69) is 57.0 Å². The minimum atomic E-state index is -0.453. The van der Waals surface area contributed by atoms with E-state index in [-0.39, 0.29) is 26.9 Å². The summed E-state index contributed by atoms with van der Waals surface area (Å²) < 4.78 is 0. The highest BCUT2D eigenvalue weighted by Crippen LogP contribution is 2.32. The first kappa shape index (κ1) is 34.7. The topological polar surface area (TPSA) is 92.8 Å². The first-order chi connectivity index (χ1) is 22.4. The van der Waals surface area contributed by atoms with Crippen LogP contribution in [0.5, 0.6) is 0 Å². The molecule has 48 heavy (non-hydrogen) atoms. The number of benzene rings is 4. The Morgan fingerprint density at radius 3 is 1.33 bits per heavy atom. The fraction of sp³-hybridized carbons (Fsp3) is 0.200. The third-order valence-corrected chi connectivity index (χ3v) is 9.47. The molecule has 4 atom stereocenters. The van der Waals surface area contributed by atoms with Crippen LogP contribution < -0.4 is 20.6 Å². The Morgan fingerprint density at radius 2 is 0.896 bits per heavy atom. The summed E-state index contributed by atoms with van der Waals surface area (Å²) >= 11 is 11.1. The predicted molar refractivity (Wildman–Crippen MR) is 202 cm³/mol. The van der Waals surface area contributed by atoms with Crippen LogP contribution in [0.3, 0.4) is 0 Å². The van der Waals surface area contributed by atoms with Gasteiger partial charge in [0.25, 0.3) is 0 Å². The Balaban J connectivity index is 0.000000180. The molecular formula is C40H42N4O2S2+2. The smallest absolute Gasteiger partial charge is 0.238 e. The Labute approximate surface area is 292 Å². The average Bonchev–Trinajstić information content (AvgIpc) is 3.58. The van der Waals surface area contributed by atoms with Gasteiger partial charge in [0, 0.05) is 47.9 Å². The largest absolute Gasteiger partial charge is 0.390 e. The average molecular weight is 675 g/mol. The molecule has 0 radical (unpaired) electrons. The van der Waals surface area contributed by atoms with Crippen molar-refractivity contribution < 1.29 is 20.2 Å². The molecule has 0 amide bonds. The van der Waals surface area contributed by atoms with E-state index in [1.165, 1.54) is 11.1 Å². The van der Waals surface area contributed by atoms with Gasteiger partial charge in [-0.1, -0.05) is 112 Å². The molecule has 0 bridgehead atoms. The summed E-state index contributed by atoms with van der Waals surface area (Å²) in [7, 11) is 0. The van der Waals surface area contributed by atoms with Crippen molar-refractivity contribution in [3.63, 3.8) is 0 Å². The molecule has 0 aliphatic heterocycles. The number of thiocarbonyl (C=S) groups is 2. The quantitative estimate of drug-likeness (QED) is 0.161. The Kier molecular flexibility index (Phi) is 10.9. The van der Waals surface area contributed by atoms with E-state index in [1.807, 2.05) is 84.9 Å². The number of H-pyrrole nitrogens is 2. The number of rotatable bonds is 4. The number of nitrogens with one attached hydrogen (secondary N) is 4. The lowest BCUT2D eigenvalue weighted by Crippen LogP contribution is -2.36. The van der Waals surface area contributed by atoms with Crippen LogP contribution >= 0.6 is 24.4 Å². The summed E-state index contributed by atoms with van der Waals surface area (Å²) in [6.07, 6.45) is 0.423. The zero-order valence-electron chi connectivity index (χ0n) is 25.0. The van der Waals surface area contributed by atoms with E-state index in [1.54, 1.807) is 0 Å². The van der Waals surface area contributed by atoms with Crippen molar-refractivity contribution in [2.45, 2.75) is 52.0 Å². The number of fused-ring (bicyclic) bond motifs is 4. The second-order valence-corrected chi connectivity index (χ2v) is 12.6. The van der Waals surface area contributed by atoms with Gasteiger partial charge in [-0.05, 0) is 46.5 Å². The lowest BCUT2D eigenvalue weighted by atomic mass is 10.1. The number of hydrogen-bond donors (Lipinski definition) is 4. The van der Waals surface area contributed by atoms with Crippen molar-refractivity contribution >= 4 is 56.2 Å². The maximum Gasteiger partial charge on any atom is 0.238 e. The van der Waals surface area contributed by atoms with Gasteiger partial charge in [0.1, 0.15) is 0 Å². The third kappa shape index (κ3) is 7.12. The molecule has 8 heteroatoms. The maximum atomic E-state index is 10.3. The number of aromatic amines is 2. The van der Waals surface area contributed by atoms with Crippen LogP contribution in [-0.4, -0.2) is 32.4 Å². The van der Waals surface area contributed by atoms with Gasteiger partial charge < -0.3 is 20.8 Å². The molecule has 2 aromatic heterocycles. The monoisotopic (exact) mass is 674 g/mol. The van der Waals surface area contributed by atoms with Crippen molar-refractivity contribution in [3.8, 4) is 0 Å². The van der Waals surface area contributed by atoms with Gasteiger partial charge >= 0.3 is 0 Å². The molecule has 0 saturated heterocycles. The minimum absolute atomic E-state index is 0. The van der Waals surface area contributed by atoms with Crippen molar-refractivity contribution in [1.29, 1.82) is 0 Å². The summed E-state index contributed by atoms with van der Waals surface area (Å²) in [4.78, 5) is 7.95. The van der Waals surface area contributed by atoms with Crippen LogP contribution in [0.15, 0.2) is 121 Å². The highest BCUT2D eigenvalue weighted by atomic mass is 32.1. The normalized spacial score (nSPS) is 18.7. The summed E-state index contributed by atoms with van der Waals surface area (Å²) in [6.45, 7) is 0. The van der Waals surface area contributed by atoms with Gasteiger partial charge in [0.05, 0.1) is 24.3 Å². The zero-order valence-corrected chi connectivity index (χ0v) is 26.6. The van der Waals surface area contributed by atoms with Crippen LogP contribution in [0, 0.1) is 0 Å². The van der Waals surface area contributed by atoms with Crippen molar-refractivity contribution in [3.05, 3.63) is 155 Å². The third-order valence-electron chi connectivity index (χ3n) is 8.79. The molecule has 6 aromatic rings. The second-order valence-electron chi connectivity index (χ2n) is 11.8. The van der Waals surface area contributed by atoms with E-state index >= 15 is 0 Å². The van der Waals surface area contributed by atoms with Crippen molar-refractivity contribution in [2.75, 3.05) is 0 Å². The highest BCUT2D eigenvalue weighted by molar-refractivity contribution is 7.80. The van der Waals surface area contributed by atoms with Gasteiger partial charge in [0.15, 0.2) is 9.98 Å². The van der Waals surface area contributed by atoms with Crippen molar-refractivity contribution in [2.24, 2.45) is 0 Å². The maximum absolute atomic E-state index is 10.3. The van der Waals surface area contributed by atoms with E-state index < -0.39 is 12.2 Å². The van der Waals surface area contributed by atoms with Crippen LogP contribution in [0.1, 0.15) is 60.6 Å². The molecule has 8 rings (SSSR count). The fourth-order valence-electron chi connectivity index (χ4n) is 6.43. The van der Waals surface area contributed by atoms with Gasteiger partial charge in [-0.3, -0.25) is 0 Å². The Bertz CT molecular complexity index is 1940. The summed E-state index contributed by atoms with van der Waals surface area (Å²) in [6, 6.07) is 40.2. The van der Waals surface area contributed by atoms with E-state index in [0.29, 0.717) is 22.8 Å². The van der Waals surface area contributed by atoms with Gasteiger partial charge in [0.2, 0.25) is 22.4 Å². The minimum Gasteiger partial charge on any atom is -0.390 e. The molecule has 6 nitrogen and oxygen atoms in total. The molecule has 0 unspecified atom stereocenters. The van der Waals surface area contributed by atoms with Crippen LogP contribution in [0.4, 0.5) is 0 Å². The number of aromatic nitrogens is 2. The predicted octanol–water partition coefficient (Wildman–Crippen LogP) is 6.43. The van der Waals surface area contributed by atoms with Gasteiger partial charge in [-0.2, -0.15) is 0 Å². The van der Waals surface area contributed by atoms with E-state index in [4.69, 9.17) is 24.4 Å². The number of aliphatic hydroxyl groups excluding tert-OH is 2. The summed E-state index contributed by atoms with van der Waals surface area (Å²) in [5.74, 6) is 0. The molecule has 6 N–H and O–H groups in total. The molecule has 0 spiro atoms. The van der Waals surface area contributed by atoms with E-state index in [0.717, 1.165) is 44.3 Å². The SMILES string of the molecule is C.C.O[C@@H]1Cc2ccccc2[C@@H]1NC(=S)c1ccc2ccccc2[nH+]1.O[C@H]1Cc2ccccc2[C@H]1NC(=S)c1ccc2ccccc2[nH+]1. The molecule has 2 aliphatic carbocycles.